The molecule has 1 atom stereocenters. The zero-order valence-electron chi connectivity index (χ0n) is 9.01. The molecule has 1 unspecified atom stereocenters. The van der Waals surface area contributed by atoms with E-state index in [0.717, 1.165) is 12.8 Å². The van der Waals surface area contributed by atoms with E-state index in [2.05, 4.69) is 13.8 Å². The van der Waals surface area contributed by atoms with E-state index in [-0.39, 0.29) is 5.41 Å². The number of rotatable bonds is 4. The molecule has 1 aliphatic carbocycles. The molecular formula is C12H22O. The molecule has 0 bridgehead atoms. The van der Waals surface area contributed by atoms with Crippen LogP contribution in [0.4, 0.5) is 0 Å². The van der Waals surface area contributed by atoms with E-state index in [0.29, 0.717) is 5.92 Å². The molecule has 1 aliphatic rings. The molecule has 0 saturated heterocycles. The van der Waals surface area contributed by atoms with Gasteiger partial charge in [0.05, 0.1) is 0 Å². The first-order valence-corrected chi connectivity index (χ1v) is 5.71. The molecule has 0 aromatic heterocycles. The maximum atomic E-state index is 11.2. The summed E-state index contributed by atoms with van der Waals surface area (Å²) in [5.74, 6) is 0.593. The smallest absolute Gasteiger partial charge is 0.126 e. The predicted molar refractivity (Wildman–Crippen MR) is 55.7 cm³/mol. The van der Waals surface area contributed by atoms with Crippen molar-refractivity contribution in [3.8, 4) is 0 Å². The zero-order chi connectivity index (χ0) is 9.73. The van der Waals surface area contributed by atoms with Crippen LogP contribution in [0.15, 0.2) is 0 Å². The summed E-state index contributed by atoms with van der Waals surface area (Å²) in [6.07, 6.45) is 9.78. The Bertz CT molecular complexity index is 157. The first-order valence-electron chi connectivity index (χ1n) is 5.71. The average Bonchev–Trinajstić information content (AvgIpc) is 2.19. The van der Waals surface area contributed by atoms with Gasteiger partial charge in [-0.3, -0.25) is 0 Å². The second-order valence-electron chi connectivity index (χ2n) is 4.60. The first kappa shape index (κ1) is 10.7. The molecule has 76 valence electrons. The highest BCUT2D eigenvalue weighted by Crippen LogP contribution is 2.42. The number of carbonyl (C=O) groups excluding carboxylic acids is 1. The van der Waals surface area contributed by atoms with Crippen LogP contribution in [0.5, 0.6) is 0 Å². The van der Waals surface area contributed by atoms with Crippen molar-refractivity contribution in [2.24, 2.45) is 11.3 Å². The third-order valence-corrected chi connectivity index (χ3v) is 3.72. The van der Waals surface area contributed by atoms with Crippen molar-refractivity contribution < 1.29 is 4.79 Å². The van der Waals surface area contributed by atoms with Crippen LogP contribution in [0.25, 0.3) is 0 Å². The Hall–Kier alpha value is -0.330. The van der Waals surface area contributed by atoms with Gasteiger partial charge < -0.3 is 4.79 Å². The first-order chi connectivity index (χ1) is 6.25. The van der Waals surface area contributed by atoms with Crippen LogP contribution in [0, 0.1) is 11.3 Å². The molecule has 1 rings (SSSR count). The topological polar surface area (TPSA) is 17.1 Å². The van der Waals surface area contributed by atoms with E-state index in [9.17, 15) is 4.79 Å². The zero-order valence-corrected chi connectivity index (χ0v) is 9.01. The third kappa shape index (κ3) is 2.32. The summed E-state index contributed by atoms with van der Waals surface area (Å²) in [6.45, 7) is 4.46. The summed E-state index contributed by atoms with van der Waals surface area (Å²) < 4.78 is 0. The third-order valence-electron chi connectivity index (χ3n) is 3.72. The van der Waals surface area contributed by atoms with Gasteiger partial charge in [0.1, 0.15) is 6.29 Å². The lowest BCUT2D eigenvalue weighted by molar-refractivity contribution is -0.121. The van der Waals surface area contributed by atoms with Gasteiger partial charge in [-0.1, -0.05) is 46.0 Å². The molecule has 0 spiro atoms. The molecule has 1 saturated carbocycles. The van der Waals surface area contributed by atoms with Crippen LogP contribution in [-0.2, 0) is 4.79 Å². The van der Waals surface area contributed by atoms with Gasteiger partial charge in [-0.25, -0.2) is 0 Å². The van der Waals surface area contributed by atoms with Crippen LogP contribution in [-0.4, -0.2) is 6.29 Å². The number of hydrogen-bond acceptors (Lipinski definition) is 1. The standard InChI is InChI=1S/C12H22O/c1-3-7-11(2)12(10-13)8-5-4-6-9-12/h10-11H,3-9H2,1-2H3. The lowest BCUT2D eigenvalue weighted by Crippen LogP contribution is -2.32. The molecule has 1 fully saturated rings. The van der Waals surface area contributed by atoms with Crippen molar-refractivity contribution in [3.05, 3.63) is 0 Å². The second kappa shape index (κ2) is 4.78. The van der Waals surface area contributed by atoms with Crippen molar-refractivity contribution in [2.45, 2.75) is 58.8 Å². The Morgan fingerprint density at radius 2 is 1.92 bits per heavy atom. The molecule has 1 heteroatoms. The van der Waals surface area contributed by atoms with Crippen molar-refractivity contribution in [2.75, 3.05) is 0 Å². The van der Waals surface area contributed by atoms with Gasteiger partial charge in [0.15, 0.2) is 0 Å². The quantitative estimate of drug-likeness (QED) is 0.607. The molecule has 1 nitrogen and oxygen atoms in total. The van der Waals surface area contributed by atoms with Gasteiger partial charge in [-0.2, -0.15) is 0 Å². The van der Waals surface area contributed by atoms with Gasteiger partial charge in [0.2, 0.25) is 0 Å². The highest BCUT2D eigenvalue weighted by Gasteiger charge is 2.36. The van der Waals surface area contributed by atoms with Gasteiger partial charge in [0.25, 0.3) is 0 Å². The van der Waals surface area contributed by atoms with E-state index in [1.165, 1.54) is 38.4 Å². The SMILES string of the molecule is CCCC(C)C1(C=O)CCCCC1. The summed E-state index contributed by atoms with van der Waals surface area (Å²) in [5.41, 5.74) is 0.0499. The Labute approximate surface area is 81.9 Å². The second-order valence-corrected chi connectivity index (χ2v) is 4.60. The van der Waals surface area contributed by atoms with Gasteiger partial charge >= 0.3 is 0 Å². The Morgan fingerprint density at radius 1 is 1.31 bits per heavy atom. The van der Waals surface area contributed by atoms with E-state index in [1.54, 1.807) is 0 Å². The summed E-state index contributed by atoms with van der Waals surface area (Å²) in [5, 5.41) is 0. The van der Waals surface area contributed by atoms with E-state index >= 15 is 0 Å². The van der Waals surface area contributed by atoms with E-state index in [1.807, 2.05) is 0 Å². The van der Waals surface area contributed by atoms with Gasteiger partial charge in [-0.15, -0.1) is 0 Å². The normalized spacial score (nSPS) is 23.8. The summed E-state index contributed by atoms with van der Waals surface area (Å²) in [6, 6.07) is 0. The van der Waals surface area contributed by atoms with Crippen molar-refractivity contribution in [1.82, 2.24) is 0 Å². The number of hydrogen-bond donors (Lipinski definition) is 0. The maximum Gasteiger partial charge on any atom is 0.126 e. The van der Waals surface area contributed by atoms with Crippen LogP contribution in [0.3, 0.4) is 0 Å². The fourth-order valence-corrected chi connectivity index (χ4v) is 2.66. The predicted octanol–water partition coefficient (Wildman–Crippen LogP) is 3.57. The molecule has 0 heterocycles. The van der Waals surface area contributed by atoms with E-state index < -0.39 is 0 Å². The lowest BCUT2D eigenvalue weighted by atomic mass is 9.66. The highest BCUT2D eigenvalue weighted by molar-refractivity contribution is 5.60. The minimum Gasteiger partial charge on any atom is -0.303 e. The Kier molecular flexibility index (Phi) is 3.95. The van der Waals surface area contributed by atoms with Crippen molar-refractivity contribution >= 4 is 6.29 Å². The Balaban J connectivity index is 2.60. The fourth-order valence-electron chi connectivity index (χ4n) is 2.66. The molecule has 0 amide bonds. The monoisotopic (exact) mass is 182 g/mol. The fraction of sp³-hybridized carbons (Fsp3) is 0.917. The summed E-state index contributed by atoms with van der Waals surface area (Å²) in [7, 11) is 0. The minimum absolute atomic E-state index is 0.0499. The van der Waals surface area contributed by atoms with Crippen LogP contribution < -0.4 is 0 Å². The van der Waals surface area contributed by atoms with Crippen LogP contribution in [0.2, 0.25) is 0 Å². The van der Waals surface area contributed by atoms with Crippen LogP contribution in [0.1, 0.15) is 58.8 Å². The van der Waals surface area contributed by atoms with E-state index in [4.69, 9.17) is 0 Å². The number of aldehydes is 1. The van der Waals surface area contributed by atoms with Crippen molar-refractivity contribution in [3.63, 3.8) is 0 Å². The molecule has 13 heavy (non-hydrogen) atoms. The average molecular weight is 182 g/mol. The largest absolute Gasteiger partial charge is 0.303 e. The van der Waals surface area contributed by atoms with Gasteiger partial charge in [-0.05, 0) is 18.8 Å². The molecular weight excluding hydrogens is 160 g/mol. The highest BCUT2D eigenvalue weighted by atomic mass is 16.1. The summed E-state index contributed by atoms with van der Waals surface area (Å²) in [4.78, 5) is 11.2. The Morgan fingerprint density at radius 3 is 2.38 bits per heavy atom. The maximum absolute atomic E-state index is 11.2. The molecule has 0 aromatic carbocycles. The molecule has 0 aromatic rings. The van der Waals surface area contributed by atoms with Crippen LogP contribution >= 0.6 is 0 Å². The summed E-state index contributed by atoms with van der Waals surface area (Å²) >= 11 is 0. The molecule has 0 radical (unpaired) electrons. The number of carbonyl (C=O) groups is 1. The van der Waals surface area contributed by atoms with Gasteiger partial charge in [0, 0.05) is 5.41 Å². The van der Waals surface area contributed by atoms with Crippen molar-refractivity contribution in [1.29, 1.82) is 0 Å². The molecule has 0 N–H and O–H groups in total. The molecule has 0 aliphatic heterocycles. The minimum atomic E-state index is 0.0499. The lowest BCUT2D eigenvalue weighted by Gasteiger charge is -2.37.